The predicted octanol–water partition coefficient (Wildman–Crippen LogP) is 4.14. The lowest BCUT2D eigenvalue weighted by Crippen LogP contribution is -2.24. The number of H-pyrrole nitrogens is 1. The van der Waals surface area contributed by atoms with Crippen LogP contribution in [0.3, 0.4) is 0 Å². The summed E-state index contributed by atoms with van der Waals surface area (Å²) < 4.78 is 7.43. The van der Waals surface area contributed by atoms with Gasteiger partial charge in [0.1, 0.15) is 12.3 Å². The molecule has 0 bridgehead atoms. The Bertz CT molecular complexity index is 2170. The molecule has 1 aliphatic heterocycles. The van der Waals surface area contributed by atoms with Gasteiger partial charge in [0.05, 0.1) is 24.7 Å². The van der Waals surface area contributed by atoms with Crippen LogP contribution in [0.5, 0.6) is 0 Å². The second-order valence-electron chi connectivity index (χ2n) is 10.3. The number of aliphatic hydroxyl groups excluding tert-OH is 2. The van der Waals surface area contributed by atoms with Crippen LogP contribution in [0.4, 0.5) is 17.3 Å². The second kappa shape index (κ2) is 8.36. The first kappa shape index (κ1) is 23.1. The van der Waals surface area contributed by atoms with Crippen molar-refractivity contribution in [1.82, 2.24) is 19.5 Å². The van der Waals surface area contributed by atoms with Crippen molar-refractivity contribution in [3.63, 3.8) is 0 Å². The zero-order valence-corrected chi connectivity index (χ0v) is 21.1. The van der Waals surface area contributed by atoms with Gasteiger partial charge >= 0.3 is 0 Å². The van der Waals surface area contributed by atoms with Gasteiger partial charge in [-0.1, -0.05) is 54.6 Å². The maximum atomic E-state index is 13.1. The van der Waals surface area contributed by atoms with Crippen LogP contribution in [0.1, 0.15) is 12.6 Å². The van der Waals surface area contributed by atoms with Crippen molar-refractivity contribution in [2.45, 2.75) is 24.9 Å². The number of anilines is 3. The lowest BCUT2D eigenvalue weighted by molar-refractivity contribution is -0.0432. The lowest BCUT2D eigenvalue weighted by atomic mass is 9.89. The summed E-state index contributed by atoms with van der Waals surface area (Å²) in [7, 11) is 0. The van der Waals surface area contributed by atoms with E-state index in [4.69, 9.17) is 15.5 Å². The van der Waals surface area contributed by atoms with E-state index in [0.717, 1.165) is 54.5 Å². The van der Waals surface area contributed by atoms with E-state index in [2.05, 4.69) is 39.6 Å². The molecule has 10 nitrogen and oxygen atoms in total. The van der Waals surface area contributed by atoms with Gasteiger partial charge in [0.15, 0.2) is 11.2 Å². The summed E-state index contributed by atoms with van der Waals surface area (Å²) in [6, 6.07) is 20.5. The van der Waals surface area contributed by atoms with Crippen LogP contribution in [0.15, 0.2) is 71.8 Å². The van der Waals surface area contributed by atoms with Crippen LogP contribution in [-0.4, -0.2) is 48.5 Å². The number of nitrogen functional groups attached to an aromatic ring is 1. The van der Waals surface area contributed by atoms with E-state index < -0.39 is 24.0 Å². The first-order chi connectivity index (χ1) is 19.5. The molecule has 3 atom stereocenters. The number of nitrogens with two attached hydrogens (primary N) is 1. The van der Waals surface area contributed by atoms with Gasteiger partial charge in [0, 0.05) is 33.7 Å². The molecule has 40 heavy (non-hydrogen) atoms. The molecule has 2 aromatic heterocycles. The van der Waals surface area contributed by atoms with Crippen molar-refractivity contribution in [1.29, 1.82) is 0 Å². The maximum absolute atomic E-state index is 13.1. The quantitative estimate of drug-likeness (QED) is 0.129. The Kier molecular flexibility index (Phi) is 4.84. The Balaban J connectivity index is 1.35. The van der Waals surface area contributed by atoms with Crippen LogP contribution < -0.4 is 16.6 Å². The van der Waals surface area contributed by atoms with Crippen molar-refractivity contribution < 1.29 is 14.9 Å². The standard InChI is InChI=1S/C30H24N6O4/c31-20-10-6-14-5-7-16-15-3-1-2-4-17(15)26(19-9-8-18(20)24(14)25(16)19)33-30-34-28-27(29(39)35-30)32-13-36(28)23-11-21(38)22(12-37)40-23/h1-10,13,21-23,37-38H,11-12,31H2,(H2,33,34,35,39). The van der Waals surface area contributed by atoms with Crippen LogP contribution in [0.2, 0.25) is 0 Å². The number of nitrogens with zero attached hydrogens (tertiary/aromatic N) is 3. The highest BCUT2D eigenvalue weighted by molar-refractivity contribution is 6.34. The summed E-state index contributed by atoms with van der Waals surface area (Å²) in [4.78, 5) is 24.9. The molecule has 0 spiro atoms. The highest BCUT2D eigenvalue weighted by atomic mass is 16.5. The zero-order chi connectivity index (χ0) is 27.1. The summed E-state index contributed by atoms with van der Waals surface area (Å²) in [5.74, 6) is 0.246. The van der Waals surface area contributed by atoms with Crippen molar-refractivity contribution >= 4 is 71.6 Å². The smallest absolute Gasteiger partial charge is 0.280 e. The van der Waals surface area contributed by atoms with Gasteiger partial charge < -0.3 is 26.0 Å². The van der Waals surface area contributed by atoms with Gasteiger partial charge in [-0.15, -0.1) is 0 Å². The summed E-state index contributed by atoms with van der Waals surface area (Å²) in [5, 5.41) is 31.6. The van der Waals surface area contributed by atoms with Crippen molar-refractivity contribution in [2.75, 3.05) is 17.7 Å². The number of benzene rings is 5. The van der Waals surface area contributed by atoms with E-state index >= 15 is 0 Å². The molecule has 3 heterocycles. The van der Waals surface area contributed by atoms with Crippen LogP contribution in [-0.2, 0) is 4.74 Å². The molecular weight excluding hydrogens is 508 g/mol. The number of aromatic nitrogens is 4. The molecule has 10 heteroatoms. The van der Waals surface area contributed by atoms with Gasteiger partial charge in [-0.2, -0.15) is 4.98 Å². The Morgan fingerprint density at radius 2 is 1.77 bits per heavy atom. The summed E-state index contributed by atoms with van der Waals surface area (Å²) >= 11 is 0. The molecule has 8 rings (SSSR count). The summed E-state index contributed by atoms with van der Waals surface area (Å²) in [6.07, 6.45) is -0.426. The maximum Gasteiger partial charge on any atom is 0.280 e. The molecule has 6 N–H and O–H groups in total. The van der Waals surface area contributed by atoms with Gasteiger partial charge in [-0.3, -0.25) is 14.3 Å². The highest BCUT2D eigenvalue weighted by Gasteiger charge is 2.35. The van der Waals surface area contributed by atoms with Crippen molar-refractivity contribution in [3.8, 4) is 0 Å². The molecule has 5 aromatic carbocycles. The molecular formula is C30H24N6O4. The molecule has 0 amide bonds. The SMILES string of the molecule is Nc1ccc2ccc3c4ccccc4c(Nc4nc5c(ncn5C5CC(O)C(CO)O5)c(=O)[nH]4)c4ccc1c2c43. The molecule has 1 fully saturated rings. The van der Waals surface area contributed by atoms with Crippen LogP contribution in [0, 0.1) is 0 Å². The largest absolute Gasteiger partial charge is 0.398 e. The van der Waals surface area contributed by atoms with E-state index in [0.29, 0.717) is 5.65 Å². The first-order valence-corrected chi connectivity index (χ1v) is 13.1. The van der Waals surface area contributed by atoms with E-state index in [-0.39, 0.29) is 24.5 Å². The monoisotopic (exact) mass is 532 g/mol. The molecule has 7 aromatic rings. The molecule has 0 radical (unpaired) electrons. The Morgan fingerprint density at radius 3 is 2.60 bits per heavy atom. The van der Waals surface area contributed by atoms with Gasteiger partial charge in [-0.05, 0) is 27.6 Å². The molecule has 3 unspecified atom stereocenters. The third-order valence-corrected chi connectivity index (χ3v) is 8.07. The summed E-state index contributed by atoms with van der Waals surface area (Å²) in [6.45, 7) is -0.307. The number of nitrogens with one attached hydrogen (secondary N) is 2. The first-order valence-electron chi connectivity index (χ1n) is 13.1. The fourth-order valence-electron chi connectivity index (χ4n) is 6.18. The van der Waals surface area contributed by atoms with Crippen molar-refractivity contribution in [2.24, 2.45) is 0 Å². The van der Waals surface area contributed by atoms with E-state index in [1.54, 1.807) is 4.57 Å². The molecule has 198 valence electrons. The predicted molar refractivity (Wildman–Crippen MR) is 155 cm³/mol. The van der Waals surface area contributed by atoms with E-state index in [9.17, 15) is 15.0 Å². The van der Waals surface area contributed by atoms with Gasteiger partial charge in [0.25, 0.3) is 5.56 Å². The van der Waals surface area contributed by atoms with E-state index in [1.807, 2.05) is 36.4 Å². The molecule has 0 aliphatic carbocycles. The molecule has 0 saturated carbocycles. The number of aromatic amines is 1. The average Bonchev–Trinajstić information content (AvgIpc) is 3.57. The zero-order valence-electron chi connectivity index (χ0n) is 21.1. The molecule has 1 aliphatic rings. The minimum absolute atomic E-state index is 0.159. The highest BCUT2D eigenvalue weighted by Crippen LogP contribution is 2.44. The number of fused-ring (bicyclic) bond motifs is 3. The third-order valence-electron chi connectivity index (χ3n) is 8.07. The number of imidazole rings is 1. The van der Waals surface area contributed by atoms with Crippen LogP contribution >= 0.6 is 0 Å². The fraction of sp³-hybridized carbons (Fsp3) is 0.167. The lowest BCUT2D eigenvalue weighted by Gasteiger charge is -2.19. The number of hydrogen-bond donors (Lipinski definition) is 5. The average molecular weight is 533 g/mol. The Labute approximate surface area is 226 Å². The normalized spacial score (nSPS) is 19.6. The third kappa shape index (κ3) is 3.18. The second-order valence-corrected chi connectivity index (χ2v) is 10.3. The van der Waals surface area contributed by atoms with Gasteiger partial charge in [-0.25, -0.2) is 4.98 Å². The Morgan fingerprint density at radius 1 is 1.00 bits per heavy atom. The summed E-state index contributed by atoms with van der Waals surface area (Å²) in [5.41, 5.74) is 7.98. The number of rotatable bonds is 4. The van der Waals surface area contributed by atoms with Gasteiger partial charge in [0.2, 0.25) is 5.95 Å². The fourth-order valence-corrected chi connectivity index (χ4v) is 6.18. The number of ether oxygens (including phenoxy) is 1. The van der Waals surface area contributed by atoms with E-state index in [1.165, 1.54) is 6.33 Å². The van der Waals surface area contributed by atoms with Crippen molar-refractivity contribution in [3.05, 3.63) is 77.3 Å². The minimum atomic E-state index is -0.829. The Hall–Kier alpha value is -4.77. The molecule has 1 saturated heterocycles. The number of hydrogen-bond acceptors (Lipinski definition) is 8. The number of aliphatic hydroxyl groups is 2. The topological polar surface area (TPSA) is 151 Å². The van der Waals surface area contributed by atoms with Crippen LogP contribution in [0.25, 0.3) is 54.3 Å². The minimum Gasteiger partial charge on any atom is -0.398 e.